The maximum atomic E-state index is 15.3. The summed E-state index contributed by atoms with van der Waals surface area (Å²) in [5.41, 5.74) is 1.41. The van der Waals surface area contributed by atoms with E-state index in [0.717, 1.165) is 51.5 Å². The number of halogens is 3. The number of H-pyrrole nitrogens is 1. The third-order valence-corrected chi connectivity index (χ3v) is 7.65. The van der Waals surface area contributed by atoms with Gasteiger partial charge in [0.05, 0.1) is 11.2 Å². The van der Waals surface area contributed by atoms with E-state index in [1.807, 2.05) is 4.90 Å². The van der Waals surface area contributed by atoms with Crippen LogP contribution in [0.25, 0.3) is 10.9 Å². The lowest BCUT2D eigenvalue weighted by atomic mass is 10.1. The number of likely N-dealkylation sites (tertiary alicyclic amines) is 1. The van der Waals surface area contributed by atoms with Crippen LogP contribution >= 0.6 is 0 Å². The van der Waals surface area contributed by atoms with E-state index >= 15 is 8.78 Å². The first-order valence-electron chi connectivity index (χ1n) is 13.7. The molecule has 2 aliphatic rings. The minimum Gasteiger partial charge on any atom is -0.435 e. The number of ether oxygens (including phenoxy) is 1. The fourth-order valence-electron chi connectivity index (χ4n) is 5.21. The zero-order chi connectivity index (χ0) is 28.7. The minimum absolute atomic E-state index is 0.0204. The first-order valence-corrected chi connectivity index (χ1v) is 13.7. The molecular weight excluding hydrogens is 535 g/mol. The van der Waals surface area contributed by atoms with E-state index in [2.05, 4.69) is 32.1 Å². The van der Waals surface area contributed by atoms with Crippen LogP contribution in [-0.4, -0.2) is 76.5 Å². The van der Waals surface area contributed by atoms with Crippen LogP contribution in [0.15, 0.2) is 36.7 Å². The number of aromatic amines is 1. The van der Waals surface area contributed by atoms with Gasteiger partial charge in [-0.3, -0.25) is 4.79 Å². The smallest absolute Gasteiger partial charge is 0.263 e. The average Bonchev–Trinajstić information content (AvgIpc) is 3.33. The van der Waals surface area contributed by atoms with Gasteiger partial charge in [0.2, 0.25) is 5.88 Å². The molecule has 0 unspecified atom stereocenters. The Morgan fingerprint density at radius 2 is 1.80 bits per heavy atom. The highest BCUT2D eigenvalue weighted by Crippen LogP contribution is 2.36. The Hall–Kier alpha value is -4.32. The van der Waals surface area contributed by atoms with Gasteiger partial charge >= 0.3 is 0 Å². The molecule has 0 radical (unpaired) electrons. The first-order chi connectivity index (χ1) is 19.8. The lowest BCUT2D eigenvalue weighted by Gasteiger charge is -2.35. The van der Waals surface area contributed by atoms with E-state index < -0.39 is 29.1 Å². The Morgan fingerprint density at radius 3 is 2.49 bits per heavy atom. The van der Waals surface area contributed by atoms with Crippen LogP contribution in [0.1, 0.15) is 29.4 Å². The number of rotatable bonds is 7. The number of anilines is 3. The van der Waals surface area contributed by atoms with Crippen LogP contribution in [0.3, 0.4) is 0 Å². The Balaban J connectivity index is 1.32. The van der Waals surface area contributed by atoms with E-state index in [1.165, 1.54) is 12.1 Å². The minimum atomic E-state index is -0.793. The molecule has 12 heteroatoms. The first kappa shape index (κ1) is 26.9. The highest BCUT2D eigenvalue weighted by atomic mass is 19.1. The monoisotopic (exact) mass is 565 g/mol. The number of hydrogen-bond donors (Lipinski definition) is 2. The molecule has 6 rings (SSSR count). The number of amides is 1. The molecule has 0 spiro atoms. The molecule has 2 aromatic heterocycles. The molecule has 2 aliphatic heterocycles. The Kier molecular flexibility index (Phi) is 7.16. The van der Waals surface area contributed by atoms with E-state index in [-0.39, 0.29) is 28.2 Å². The summed E-state index contributed by atoms with van der Waals surface area (Å²) in [6.07, 6.45) is 1.98. The van der Waals surface area contributed by atoms with Gasteiger partial charge in [-0.1, -0.05) is 6.92 Å². The molecule has 4 heterocycles. The quantitative estimate of drug-likeness (QED) is 0.318. The average molecular weight is 566 g/mol. The van der Waals surface area contributed by atoms with Crippen molar-refractivity contribution >= 4 is 34.0 Å². The van der Waals surface area contributed by atoms with Crippen LogP contribution in [0, 0.1) is 24.4 Å². The highest BCUT2D eigenvalue weighted by Gasteiger charge is 2.30. The van der Waals surface area contributed by atoms with Gasteiger partial charge in [-0.2, -0.15) is 0 Å². The van der Waals surface area contributed by atoms with Crippen molar-refractivity contribution in [2.45, 2.75) is 20.3 Å². The molecule has 4 aromatic rings. The van der Waals surface area contributed by atoms with Crippen molar-refractivity contribution in [3.63, 3.8) is 0 Å². The van der Waals surface area contributed by atoms with Crippen molar-refractivity contribution in [1.82, 2.24) is 24.8 Å². The SMILES string of the molecule is CCN1CCN(c2ccc(Nc3ncnc(Oc4cc(F)c5[nH]c(C)cc5c4F)c3C(=O)N3CCC3)cc2F)CC1. The van der Waals surface area contributed by atoms with Crippen molar-refractivity contribution in [3.05, 3.63) is 65.4 Å². The third kappa shape index (κ3) is 5.15. The summed E-state index contributed by atoms with van der Waals surface area (Å²) in [6.45, 7) is 8.99. The number of aryl methyl sites for hydroxylation is 1. The number of nitrogens with zero attached hydrogens (tertiary/aromatic N) is 5. The van der Waals surface area contributed by atoms with E-state index in [0.29, 0.717) is 30.2 Å². The summed E-state index contributed by atoms with van der Waals surface area (Å²) in [5, 5.41) is 3.03. The van der Waals surface area contributed by atoms with Crippen LogP contribution in [0.5, 0.6) is 11.6 Å². The fraction of sp³-hybridized carbons (Fsp3) is 0.345. The van der Waals surface area contributed by atoms with E-state index in [1.54, 1.807) is 24.0 Å². The number of carbonyl (C=O) groups excluding carboxylic acids is 1. The van der Waals surface area contributed by atoms with Crippen LogP contribution in [-0.2, 0) is 0 Å². The number of nitrogens with one attached hydrogen (secondary N) is 2. The van der Waals surface area contributed by atoms with Crippen molar-refractivity contribution in [1.29, 1.82) is 0 Å². The topological polar surface area (TPSA) is 89.6 Å². The number of benzene rings is 2. The molecule has 9 nitrogen and oxygen atoms in total. The van der Waals surface area contributed by atoms with Gasteiger partial charge in [-0.05, 0) is 44.2 Å². The number of aromatic nitrogens is 3. The highest BCUT2D eigenvalue weighted by molar-refractivity contribution is 6.02. The molecule has 2 aromatic carbocycles. The van der Waals surface area contributed by atoms with Crippen molar-refractivity contribution in [2.24, 2.45) is 0 Å². The predicted octanol–water partition coefficient (Wildman–Crippen LogP) is 5.21. The van der Waals surface area contributed by atoms with Gasteiger partial charge in [0, 0.05) is 62.1 Å². The predicted molar refractivity (Wildman–Crippen MR) is 150 cm³/mol. The van der Waals surface area contributed by atoms with Gasteiger partial charge in [0.15, 0.2) is 23.2 Å². The maximum Gasteiger partial charge on any atom is 0.263 e. The molecule has 2 fully saturated rings. The molecule has 41 heavy (non-hydrogen) atoms. The van der Waals surface area contributed by atoms with Crippen LogP contribution < -0.4 is 15.0 Å². The second-order valence-corrected chi connectivity index (χ2v) is 10.3. The van der Waals surface area contributed by atoms with Gasteiger partial charge < -0.3 is 29.7 Å². The molecule has 1 amide bonds. The number of fused-ring (bicyclic) bond motifs is 1. The molecule has 2 N–H and O–H groups in total. The summed E-state index contributed by atoms with van der Waals surface area (Å²) in [7, 11) is 0. The Morgan fingerprint density at radius 1 is 1.02 bits per heavy atom. The second-order valence-electron chi connectivity index (χ2n) is 10.3. The van der Waals surface area contributed by atoms with Gasteiger partial charge in [-0.15, -0.1) is 0 Å². The summed E-state index contributed by atoms with van der Waals surface area (Å²) in [4.78, 5) is 30.5. The molecule has 0 bridgehead atoms. The number of carbonyl (C=O) groups is 1. The summed E-state index contributed by atoms with van der Waals surface area (Å²) in [6, 6.07) is 7.14. The van der Waals surface area contributed by atoms with Gasteiger partial charge in [0.1, 0.15) is 17.7 Å². The lowest BCUT2D eigenvalue weighted by molar-refractivity contribution is 0.0649. The van der Waals surface area contributed by atoms with Crippen molar-refractivity contribution in [3.8, 4) is 11.6 Å². The third-order valence-electron chi connectivity index (χ3n) is 7.65. The largest absolute Gasteiger partial charge is 0.435 e. The number of hydrogen-bond acceptors (Lipinski definition) is 7. The Labute approximate surface area is 234 Å². The van der Waals surface area contributed by atoms with Gasteiger partial charge in [-0.25, -0.2) is 23.1 Å². The number of likely N-dealkylation sites (N-methyl/N-ethyl adjacent to an activating group) is 1. The number of piperazine rings is 1. The molecular formula is C29H30F3N7O2. The van der Waals surface area contributed by atoms with E-state index in [4.69, 9.17) is 4.74 Å². The standard InChI is InChI=1S/C29H30F3N7O2/c1-3-37-9-11-38(12-10-37)22-6-5-18(14-20(22)30)36-27-24(29(40)39-7-4-8-39)28(34-16-33-27)41-23-15-21(31)26-19(25(23)32)13-17(2)35-26/h5-6,13-16,35H,3-4,7-12H2,1-2H3,(H,33,34,36). The van der Waals surface area contributed by atoms with E-state index in [9.17, 15) is 9.18 Å². The molecule has 0 atom stereocenters. The normalized spacial score (nSPS) is 15.7. The molecule has 0 aliphatic carbocycles. The zero-order valence-corrected chi connectivity index (χ0v) is 22.8. The second kappa shape index (κ2) is 10.9. The molecule has 214 valence electrons. The summed E-state index contributed by atoms with van der Waals surface area (Å²) in [5.74, 6) is -2.94. The van der Waals surface area contributed by atoms with Crippen molar-refractivity contribution in [2.75, 3.05) is 56.0 Å². The molecule has 2 saturated heterocycles. The lowest BCUT2D eigenvalue weighted by Crippen LogP contribution is -2.46. The zero-order valence-electron chi connectivity index (χ0n) is 22.8. The van der Waals surface area contributed by atoms with Crippen molar-refractivity contribution < 1.29 is 22.7 Å². The fourth-order valence-corrected chi connectivity index (χ4v) is 5.21. The molecule has 0 saturated carbocycles. The van der Waals surface area contributed by atoms with Crippen LogP contribution in [0.4, 0.5) is 30.4 Å². The Bertz CT molecular complexity index is 1610. The summed E-state index contributed by atoms with van der Waals surface area (Å²) < 4.78 is 51.1. The maximum absolute atomic E-state index is 15.3. The van der Waals surface area contributed by atoms with Gasteiger partial charge in [0.25, 0.3) is 5.91 Å². The van der Waals surface area contributed by atoms with Crippen LogP contribution in [0.2, 0.25) is 0 Å². The summed E-state index contributed by atoms with van der Waals surface area (Å²) >= 11 is 0.